The molecule has 2 heterocycles. The summed E-state index contributed by atoms with van der Waals surface area (Å²) < 4.78 is 14.4. The largest absolute Gasteiger partial charge is 0.477 e. The molecule has 0 atom stereocenters. The van der Waals surface area contributed by atoms with Crippen molar-refractivity contribution >= 4 is 44.6 Å². The zero-order valence-corrected chi connectivity index (χ0v) is 11.5. The van der Waals surface area contributed by atoms with Gasteiger partial charge in [0, 0.05) is 27.5 Å². The van der Waals surface area contributed by atoms with Crippen LogP contribution >= 0.6 is 22.9 Å². The van der Waals surface area contributed by atoms with Gasteiger partial charge in [-0.15, -0.1) is 11.3 Å². The number of alkyl halides is 1. The number of aromatic carboxylic acids is 1. The van der Waals surface area contributed by atoms with Crippen molar-refractivity contribution in [1.82, 2.24) is 4.40 Å². The van der Waals surface area contributed by atoms with Crippen LogP contribution in [0, 0.1) is 0 Å². The van der Waals surface area contributed by atoms with E-state index in [1.165, 1.54) is 12.1 Å². The number of carboxylic acid groups (broad SMARTS) is 1. The minimum atomic E-state index is -1.30. The Balaban J connectivity index is 2.62. The molecule has 0 amide bonds. The van der Waals surface area contributed by atoms with Gasteiger partial charge in [0.1, 0.15) is 17.1 Å². The van der Waals surface area contributed by atoms with Crippen LogP contribution in [-0.2, 0) is 6.67 Å². The molecular formula is C13H7ClFNO3S. The van der Waals surface area contributed by atoms with Crippen LogP contribution in [-0.4, -0.2) is 15.5 Å². The summed E-state index contributed by atoms with van der Waals surface area (Å²) in [5.41, 5.74) is -0.290. The van der Waals surface area contributed by atoms with Gasteiger partial charge in [-0.05, 0) is 12.1 Å². The Labute approximate surface area is 120 Å². The van der Waals surface area contributed by atoms with Crippen molar-refractivity contribution in [1.29, 1.82) is 0 Å². The number of halogens is 2. The van der Waals surface area contributed by atoms with Crippen LogP contribution in [0.25, 0.3) is 15.7 Å². The van der Waals surface area contributed by atoms with Crippen LogP contribution in [0.2, 0.25) is 5.02 Å². The van der Waals surface area contributed by atoms with Gasteiger partial charge >= 0.3 is 5.97 Å². The predicted molar refractivity (Wildman–Crippen MR) is 75.8 cm³/mol. The lowest BCUT2D eigenvalue weighted by molar-refractivity contribution is 0.0697. The van der Waals surface area contributed by atoms with Gasteiger partial charge in [0.15, 0.2) is 0 Å². The van der Waals surface area contributed by atoms with Crippen LogP contribution in [0.5, 0.6) is 0 Å². The van der Waals surface area contributed by atoms with E-state index in [1.54, 1.807) is 16.0 Å². The number of fused-ring (bicyclic) bond motifs is 3. The first-order chi connectivity index (χ1) is 9.54. The van der Waals surface area contributed by atoms with Crippen molar-refractivity contribution in [2.75, 3.05) is 0 Å². The minimum Gasteiger partial charge on any atom is -0.477 e. The summed E-state index contributed by atoms with van der Waals surface area (Å²) in [6.45, 7) is -0.817. The van der Waals surface area contributed by atoms with Gasteiger partial charge in [-0.3, -0.25) is 4.79 Å². The smallest absolute Gasteiger partial charge is 0.342 e. The fourth-order valence-corrected chi connectivity index (χ4v) is 3.25. The van der Waals surface area contributed by atoms with Gasteiger partial charge in [0.05, 0.1) is 5.52 Å². The first kappa shape index (κ1) is 13.1. The molecule has 0 radical (unpaired) electrons. The third-order valence-corrected chi connectivity index (χ3v) is 4.31. The molecule has 20 heavy (non-hydrogen) atoms. The number of hydrogen-bond donors (Lipinski definition) is 1. The van der Waals surface area contributed by atoms with Crippen molar-refractivity contribution < 1.29 is 14.3 Å². The Kier molecular flexibility index (Phi) is 2.99. The molecule has 0 saturated heterocycles. The fourth-order valence-electron chi connectivity index (χ4n) is 2.16. The Morgan fingerprint density at radius 2 is 2.20 bits per heavy atom. The second-order valence-corrected chi connectivity index (χ2v) is 5.48. The Hall–Kier alpha value is -1.92. The van der Waals surface area contributed by atoms with E-state index in [2.05, 4.69) is 0 Å². The Bertz CT molecular complexity index is 915. The van der Waals surface area contributed by atoms with E-state index in [0.29, 0.717) is 10.3 Å². The lowest BCUT2D eigenvalue weighted by Gasteiger charge is -2.07. The van der Waals surface area contributed by atoms with Crippen LogP contribution in [0.4, 0.5) is 4.39 Å². The van der Waals surface area contributed by atoms with Gasteiger partial charge in [0.2, 0.25) is 5.43 Å². The van der Waals surface area contributed by atoms with Crippen molar-refractivity contribution in [2.24, 2.45) is 0 Å². The topological polar surface area (TPSA) is 58.8 Å². The van der Waals surface area contributed by atoms with E-state index in [0.717, 1.165) is 11.3 Å². The maximum Gasteiger partial charge on any atom is 0.342 e. The van der Waals surface area contributed by atoms with E-state index in [9.17, 15) is 19.1 Å². The second kappa shape index (κ2) is 4.57. The number of thiazole rings is 1. The van der Waals surface area contributed by atoms with Gasteiger partial charge in [-0.1, -0.05) is 11.6 Å². The maximum absolute atomic E-state index is 12.9. The number of carbonyl (C=O) groups is 1. The summed E-state index contributed by atoms with van der Waals surface area (Å²) in [5, 5.41) is 11.3. The van der Waals surface area contributed by atoms with Crippen LogP contribution < -0.4 is 5.43 Å². The molecule has 0 aliphatic carbocycles. The summed E-state index contributed by atoms with van der Waals surface area (Å²) >= 11 is 7.11. The highest BCUT2D eigenvalue weighted by molar-refractivity contribution is 7.16. The molecule has 3 rings (SSSR count). The van der Waals surface area contributed by atoms with Gasteiger partial charge in [0.25, 0.3) is 0 Å². The number of nitrogens with zero attached hydrogens (tertiary/aromatic N) is 1. The molecule has 1 aromatic carbocycles. The molecular weight excluding hydrogens is 305 g/mol. The average Bonchev–Trinajstić information content (AvgIpc) is 2.87. The van der Waals surface area contributed by atoms with Crippen LogP contribution in [0.15, 0.2) is 28.5 Å². The monoisotopic (exact) mass is 311 g/mol. The zero-order valence-electron chi connectivity index (χ0n) is 9.89. The summed E-state index contributed by atoms with van der Waals surface area (Å²) in [6.07, 6.45) is 1.65. The van der Waals surface area contributed by atoms with Crippen molar-refractivity contribution in [3.05, 3.63) is 50.1 Å². The molecule has 0 saturated carbocycles. The molecule has 4 nitrogen and oxygen atoms in total. The second-order valence-electron chi connectivity index (χ2n) is 4.18. The van der Waals surface area contributed by atoms with E-state index in [1.807, 2.05) is 0 Å². The molecule has 1 N–H and O–H groups in total. The van der Waals surface area contributed by atoms with Gasteiger partial charge in [-0.2, -0.15) is 0 Å². The summed E-state index contributed by atoms with van der Waals surface area (Å²) in [4.78, 5) is 23.9. The highest BCUT2D eigenvalue weighted by atomic mass is 35.5. The molecule has 0 unspecified atom stereocenters. The maximum atomic E-state index is 12.9. The standard InChI is InChI=1S/C13H7ClFNO3S/c14-8-4-9-7(3-6(8)5-15)11(17)10(13(18)19)12-16(9)1-2-20-12/h1-4H,5H2,(H,18,19). The molecule has 0 aliphatic rings. The quantitative estimate of drug-likeness (QED) is 0.789. The van der Waals surface area contributed by atoms with E-state index in [4.69, 9.17) is 11.6 Å². The molecule has 7 heteroatoms. The van der Waals surface area contributed by atoms with Crippen LogP contribution in [0.1, 0.15) is 15.9 Å². The number of rotatable bonds is 2. The van der Waals surface area contributed by atoms with Crippen molar-refractivity contribution in [3.63, 3.8) is 0 Å². The zero-order chi connectivity index (χ0) is 14.4. The molecule has 0 spiro atoms. The van der Waals surface area contributed by atoms with Gasteiger partial charge < -0.3 is 9.51 Å². The van der Waals surface area contributed by atoms with Crippen molar-refractivity contribution in [3.8, 4) is 0 Å². The normalized spacial score (nSPS) is 11.3. The van der Waals surface area contributed by atoms with E-state index < -0.39 is 18.1 Å². The fraction of sp³-hybridized carbons (Fsp3) is 0.0769. The van der Waals surface area contributed by atoms with E-state index >= 15 is 0 Å². The highest BCUT2D eigenvalue weighted by Crippen LogP contribution is 2.27. The number of hydrogen-bond acceptors (Lipinski definition) is 3. The number of aromatic nitrogens is 1. The third-order valence-electron chi connectivity index (χ3n) is 3.08. The average molecular weight is 312 g/mol. The molecule has 2 aromatic heterocycles. The number of pyridine rings is 1. The summed E-state index contributed by atoms with van der Waals surface area (Å²) in [5.74, 6) is -1.30. The molecule has 0 fully saturated rings. The Morgan fingerprint density at radius 1 is 1.45 bits per heavy atom. The lowest BCUT2D eigenvalue weighted by Crippen LogP contribution is -2.17. The highest BCUT2D eigenvalue weighted by Gasteiger charge is 2.19. The number of carboxylic acids is 1. The SMILES string of the molecule is O=C(O)c1c(=O)c2cc(CF)c(Cl)cc2n2ccsc12. The molecule has 0 bridgehead atoms. The lowest BCUT2D eigenvalue weighted by atomic mass is 10.1. The Morgan fingerprint density at radius 3 is 2.85 bits per heavy atom. The first-order valence-electron chi connectivity index (χ1n) is 5.57. The van der Waals surface area contributed by atoms with Crippen LogP contribution in [0.3, 0.4) is 0 Å². The third kappa shape index (κ3) is 1.72. The summed E-state index contributed by atoms with van der Waals surface area (Å²) in [7, 11) is 0. The molecule has 0 aliphatic heterocycles. The molecule has 102 valence electrons. The number of benzene rings is 1. The van der Waals surface area contributed by atoms with Crippen molar-refractivity contribution in [2.45, 2.75) is 6.67 Å². The van der Waals surface area contributed by atoms with Gasteiger partial charge in [-0.25, -0.2) is 9.18 Å². The first-order valence-corrected chi connectivity index (χ1v) is 6.83. The minimum absolute atomic E-state index is 0.148. The molecule has 3 aromatic rings. The summed E-state index contributed by atoms with van der Waals surface area (Å²) in [6, 6.07) is 2.80. The van der Waals surface area contributed by atoms with E-state index in [-0.39, 0.29) is 21.5 Å². The predicted octanol–water partition coefficient (Wildman–Crippen LogP) is 3.34.